The summed E-state index contributed by atoms with van der Waals surface area (Å²) < 4.78 is 7.16. The molecule has 3 aromatic rings. The molecule has 5 nitrogen and oxygen atoms in total. The maximum Gasteiger partial charge on any atom is 0.157 e. The lowest BCUT2D eigenvalue weighted by Crippen LogP contribution is -2.21. The van der Waals surface area contributed by atoms with Gasteiger partial charge in [-0.05, 0) is 43.2 Å². The monoisotopic (exact) mass is 294 g/mol. The molecule has 2 aromatic heterocycles. The summed E-state index contributed by atoms with van der Waals surface area (Å²) in [5.41, 5.74) is 2.88. The summed E-state index contributed by atoms with van der Waals surface area (Å²) >= 11 is 0. The van der Waals surface area contributed by atoms with Crippen molar-refractivity contribution in [3.8, 4) is 17.0 Å². The van der Waals surface area contributed by atoms with Gasteiger partial charge in [0.25, 0.3) is 0 Å². The molecule has 4 rings (SSSR count). The molecule has 0 bridgehead atoms. The second kappa shape index (κ2) is 5.33. The first-order valence-corrected chi connectivity index (χ1v) is 7.59. The predicted octanol–water partition coefficient (Wildman–Crippen LogP) is 3.01. The van der Waals surface area contributed by atoms with Crippen LogP contribution in [0.5, 0.6) is 5.75 Å². The molecule has 3 heterocycles. The van der Waals surface area contributed by atoms with Gasteiger partial charge in [0.05, 0.1) is 12.8 Å². The number of benzene rings is 1. The van der Waals surface area contributed by atoms with Crippen molar-refractivity contribution in [2.45, 2.75) is 12.8 Å². The quantitative estimate of drug-likeness (QED) is 0.745. The fourth-order valence-electron chi connectivity index (χ4n) is 2.97. The summed E-state index contributed by atoms with van der Waals surface area (Å²) in [6, 6.07) is 12.0. The molecular weight excluding hydrogens is 276 g/mol. The van der Waals surface area contributed by atoms with Crippen molar-refractivity contribution >= 4 is 11.5 Å². The van der Waals surface area contributed by atoms with Gasteiger partial charge in [-0.25, -0.2) is 4.98 Å². The van der Waals surface area contributed by atoms with Crippen LogP contribution in [0.4, 0.5) is 5.82 Å². The third-order valence-electron chi connectivity index (χ3n) is 4.15. The molecule has 1 fully saturated rings. The molecule has 0 spiro atoms. The van der Waals surface area contributed by atoms with Gasteiger partial charge in [-0.3, -0.25) is 0 Å². The molecule has 0 N–H and O–H groups in total. The Morgan fingerprint density at radius 2 is 1.82 bits per heavy atom. The summed E-state index contributed by atoms with van der Waals surface area (Å²) in [4.78, 5) is 6.82. The van der Waals surface area contributed by atoms with Gasteiger partial charge in [0.1, 0.15) is 11.6 Å². The van der Waals surface area contributed by atoms with E-state index in [1.54, 1.807) is 7.11 Å². The molecule has 1 aliphatic rings. The van der Waals surface area contributed by atoms with Crippen LogP contribution in [0.3, 0.4) is 0 Å². The van der Waals surface area contributed by atoms with E-state index in [0.717, 1.165) is 41.6 Å². The Labute approximate surface area is 129 Å². The van der Waals surface area contributed by atoms with Crippen LogP contribution < -0.4 is 9.64 Å². The topological polar surface area (TPSA) is 42.7 Å². The SMILES string of the molecule is COc1ccc(-c2cc3nccc(N4CCCC4)n3n2)cc1. The molecule has 5 heteroatoms. The Bertz CT molecular complexity index is 788. The highest BCUT2D eigenvalue weighted by molar-refractivity contribution is 5.66. The standard InChI is InChI=1S/C17H18N4O/c1-22-14-6-4-13(5-7-14)15-12-16-18-9-8-17(21(16)19-15)20-10-2-3-11-20/h4-9,12H,2-3,10-11H2,1H3. The lowest BCUT2D eigenvalue weighted by molar-refractivity contribution is 0.415. The number of hydrogen-bond acceptors (Lipinski definition) is 4. The normalized spacial score (nSPS) is 14.7. The smallest absolute Gasteiger partial charge is 0.157 e. The summed E-state index contributed by atoms with van der Waals surface area (Å²) in [7, 11) is 1.67. The molecule has 0 amide bonds. The Morgan fingerprint density at radius 1 is 1.05 bits per heavy atom. The van der Waals surface area contributed by atoms with Gasteiger partial charge in [-0.2, -0.15) is 9.61 Å². The first kappa shape index (κ1) is 13.1. The number of nitrogens with zero attached hydrogens (tertiary/aromatic N) is 4. The molecule has 0 unspecified atom stereocenters. The van der Waals surface area contributed by atoms with Crippen LogP contribution in [0.25, 0.3) is 16.9 Å². The highest BCUT2D eigenvalue weighted by atomic mass is 16.5. The van der Waals surface area contributed by atoms with Crippen molar-refractivity contribution in [2.24, 2.45) is 0 Å². The average molecular weight is 294 g/mol. The number of rotatable bonds is 3. The van der Waals surface area contributed by atoms with E-state index in [9.17, 15) is 0 Å². The van der Waals surface area contributed by atoms with E-state index >= 15 is 0 Å². The summed E-state index contributed by atoms with van der Waals surface area (Å²) in [6.45, 7) is 2.19. The van der Waals surface area contributed by atoms with Crippen molar-refractivity contribution in [1.82, 2.24) is 14.6 Å². The maximum absolute atomic E-state index is 5.21. The summed E-state index contributed by atoms with van der Waals surface area (Å²) in [5, 5.41) is 4.75. The second-order valence-electron chi connectivity index (χ2n) is 5.53. The number of aromatic nitrogens is 3. The molecule has 0 atom stereocenters. The molecule has 1 saturated heterocycles. The third-order valence-corrected chi connectivity index (χ3v) is 4.15. The third kappa shape index (κ3) is 2.19. The van der Waals surface area contributed by atoms with Crippen molar-refractivity contribution in [3.63, 3.8) is 0 Å². The van der Waals surface area contributed by atoms with Crippen LogP contribution in [-0.2, 0) is 0 Å². The van der Waals surface area contributed by atoms with Gasteiger partial charge in [0.2, 0.25) is 0 Å². The fraction of sp³-hybridized carbons (Fsp3) is 0.294. The van der Waals surface area contributed by atoms with Gasteiger partial charge in [-0.15, -0.1) is 0 Å². The highest BCUT2D eigenvalue weighted by Gasteiger charge is 2.17. The molecule has 112 valence electrons. The minimum atomic E-state index is 0.850. The van der Waals surface area contributed by atoms with E-state index in [0.29, 0.717) is 0 Å². The number of hydrogen-bond donors (Lipinski definition) is 0. The number of fused-ring (bicyclic) bond motifs is 1. The molecule has 0 saturated carbocycles. The van der Waals surface area contributed by atoms with Gasteiger partial charge in [0, 0.05) is 30.9 Å². The number of anilines is 1. The molecule has 0 aliphatic carbocycles. The van der Waals surface area contributed by atoms with Gasteiger partial charge >= 0.3 is 0 Å². The van der Waals surface area contributed by atoms with E-state index in [1.165, 1.54) is 12.8 Å². The van der Waals surface area contributed by atoms with E-state index in [2.05, 4.69) is 9.88 Å². The Morgan fingerprint density at radius 3 is 2.55 bits per heavy atom. The molecule has 22 heavy (non-hydrogen) atoms. The lowest BCUT2D eigenvalue weighted by Gasteiger charge is -2.17. The zero-order valence-electron chi connectivity index (χ0n) is 12.6. The Balaban J connectivity index is 1.77. The van der Waals surface area contributed by atoms with Crippen LogP contribution >= 0.6 is 0 Å². The van der Waals surface area contributed by atoms with Gasteiger partial charge in [0.15, 0.2) is 5.65 Å². The molecule has 1 aromatic carbocycles. The van der Waals surface area contributed by atoms with Crippen LogP contribution in [0, 0.1) is 0 Å². The molecule has 1 aliphatic heterocycles. The second-order valence-corrected chi connectivity index (χ2v) is 5.53. The van der Waals surface area contributed by atoms with Crippen LogP contribution in [0.2, 0.25) is 0 Å². The number of ether oxygens (including phenoxy) is 1. The van der Waals surface area contributed by atoms with Crippen LogP contribution in [0.15, 0.2) is 42.6 Å². The fourth-order valence-corrected chi connectivity index (χ4v) is 2.97. The lowest BCUT2D eigenvalue weighted by atomic mass is 10.1. The number of methoxy groups -OCH3 is 1. The van der Waals surface area contributed by atoms with Crippen molar-refractivity contribution in [3.05, 3.63) is 42.6 Å². The minimum Gasteiger partial charge on any atom is -0.497 e. The maximum atomic E-state index is 5.21. The first-order chi connectivity index (χ1) is 10.8. The van der Waals surface area contributed by atoms with Crippen molar-refractivity contribution < 1.29 is 4.74 Å². The largest absolute Gasteiger partial charge is 0.497 e. The summed E-state index contributed by atoms with van der Waals surface area (Å²) in [5.74, 6) is 1.98. The van der Waals surface area contributed by atoms with Crippen molar-refractivity contribution in [2.75, 3.05) is 25.1 Å². The van der Waals surface area contributed by atoms with E-state index in [1.807, 2.05) is 47.1 Å². The van der Waals surface area contributed by atoms with Gasteiger partial charge < -0.3 is 9.64 Å². The summed E-state index contributed by atoms with van der Waals surface area (Å²) in [6.07, 6.45) is 4.36. The van der Waals surface area contributed by atoms with Gasteiger partial charge in [-0.1, -0.05) is 0 Å². The molecular formula is C17H18N4O. The Hall–Kier alpha value is -2.56. The average Bonchev–Trinajstić information content (AvgIpc) is 3.24. The van der Waals surface area contributed by atoms with Crippen LogP contribution in [-0.4, -0.2) is 34.8 Å². The molecule has 0 radical (unpaired) electrons. The zero-order chi connectivity index (χ0) is 14.9. The predicted molar refractivity (Wildman–Crippen MR) is 86.4 cm³/mol. The minimum absolute atomic E-state index is 0.850. The first-order valence-electron chi connectivity index (χ1n) is 7.59. The Kier molecular flexibility index (Phi) is 3.18. The van der Waals surface area contributed by atoms with E-state index in [-0.39, 0.29) is 0 Å². The van der Waals surface area contributed by atoms with E-state index in [4.69, 9.17) is 9.84 Å². The van der Waals surface area contributed by atoms with Crippen molar-refractivity contribution in [1.29, 1.82) is 0 Å². The zero-order valence-corrected chi connectivity index (χ0v) is 12.6. The van der Waals surface area contributed by atoms with Crippen LogP contribution in [0.1, 0.15) is 12.8 Å². The van der Waals surface area contributed by atoms with E-state index < -0.39 is 0 Å². The highest BCUT2D eigenvalue weighted by Crippen LogP contribution is 2.25.